The van der Waals surface area contributed by atoms with E-state index in [-0.39, 0.29) is 16.6 Å². The van der Waals surface area contributed by atoms with Gasteiger partial charge in [-0.15, -0.1) is 0 Å². The standard InChI is InChI=1S/C10H9N3O4S2/c14-13(15)7-3-4-8-9(5-7)19(16,17)12-10(18-8)11-6-1-2-6/h3-6H,1-2H2,(H,11,12). The molecular weight excluding hydrogens is 290 g/mol. The van der Waals surface area contributed by atoms with Crippen LogP contribution in [-0.4, -0.2) is 24.6 Å². The van der Waals surface area contributed by atoms with Crippen LogP contribution in [0.3, 0.4) is 0 Å². The highest BCUT2D eigenvalue weighted by Gasteiger charge is 2.31. The number of non-ortho nitro benzene ring substituents is 1. The van der Waals surface area contributed by atoms with Crippen molar-refractivity contribution in [2.24, 2.45) is 4.99 Å². The zero-order valence-electron chi connectivity index (χ0n) is 9.57. The maximum atomic E-state index is 12.0. The number of thioether (sulfide) groups is 1. The van der Waals surface area contributed by atoms with Crippen LogP contribution in [0.1, 0.15) is 12.8 Å². The van der Waals surface area contributed by atoms with Gasteiger partial charge in [-0.1, -0.05) is 11.8 Å². The fourth-order valence-corrected chi connectivity index (χ4v) is 4.28. The minimum Gasteiger partial charge on any atom is -0.258 e. The lowest BCUT2D eigenvalue weighted by atomic mass is 10.3. The minimum absolute atomic E-state index is 0.0681. The lowest BCUT2D eigenvalue weighted by Gasteiger charge is -2.18. The van der Waals surface area contributed by atoms with Gasteiger partial charge in [-0.05, 0) is 18.9 Å². The Balaban J connectivity index is 2.06. The van der Waals surface area contributed by atoms with Crippen molar-refractivity contribution in [2.45, 2.75) is 28.7 Å². The molecule has 1 saturated carbocycles. The third-order valence-corrected chi connectivity index (χ3v) is 5.32. The van der Waals surface area contributed by atoms with Gasteiger partial charge in [-0.25, -0.2) is 8.42 Å². The number of fused-ring (bicyclic) bond motifs is 1. The number of aliphatic imine (C=N–C) groups is 1. The number of nitrogens with one attached hydrogen (secondary N) is 1. The molecule has 19 heavy (non-hydrogen) atoms. The SMILES string of the molecule is O=[N+]([O-])c1ccc2c(c1)S(=O)(=O)NC(=NC1CC1)S2. The molecule has 0 radical (unpaired) electrons. The molecule has 3 rings (SSSR count). The number of sulfonamides is 1. The zero-order chi connectivity index (χ0) is 13.6. The van der Waals surface area contributed by atoms with E-state index in [9.17, 15) is 18.5 Å². The maximum absolute atomic E-state index is 12.0. The first kappa shape index (κ1) is 12.4. The third kappa shape index (κ3) is 2.43. The predicted octanol–water partition coefficient (Wildman–Crippen LogP) is 1.50. The van der Waals surface area contributed by atoms with Gasteiger partial charge in [-0.3, -0.25) is 19.8 Å². The second-order valence-corrected chi connectivity index (χ2v) is 6.94. The summed E-state index contributed by atoms with van der Waals surface area (Å²) < 4.78 is 26.4. The van der Waals surface area contributed by atoms with Crippen LogP contribution >= 0.6 is 11.8 Å². The summed E-state index contributed by atoms with van der Waals surface area (Å²) in [4.78, 5) is 14.7. The number of nitro groups is 1. The molecule has 1 aromatic rings. The summed E-state index contributed by atoms with van der Waals surface area (Å²) in [5.41, 5.74) is -0.243. The highest BCUT2D eigenvalue weighted by molar-refractivity contribution is 8.16. The number of hydrogen-bond donors (Lipinski definition) is 1. The van der Waals surface area contributed by atoms with Gasteiger partial charge >= 0.3 is 0 Å². The van der Waals surface area contributed by atoms with Crippen LogP contribution in [0.25, 0.3) is 0 Å². The first-order valence-corrected chi connectivity index (χ1v) is 7.82. The topological polar surface area (TPSA) is 102 Å². The molecular formula is C10H9N3O4S2. The van der Waals surface area contributed by atoms with Crippen LogP contribution in [0.15, 0.2) is 33.0 Å². The van der Waals surface area contributed by atoms with Crippen molar-refractivity contribution in [1.29, 1.82) is 0 Å². The largest absolute Gasteiger partial charge is 0.270 e. The molecule has 0 atom stereocenters. The first-order chi connectivity index (χ1) is 8.95. The van der Waals surface area contributed by atoms with E-state index in [0.717, 1.165) is 18.9 Å². The van der Waals surface area contributed by atoms with E-state index in [4.69, 9.17) is 0 Å². The Morgan fingerprint density at radius 1 is 1.42 bits per heavy atom. The van der Waals surface area contributed by atoms with Crippen molar-refractivity contribution in [3.05, 3.63) is 28.3 Å². The smallest absolute Gasteiger partial charge is 0.258 e. The molecule has 1 heterocycles. The molecule has 0 amide bonds. The number of rotatable bonds is 2. The molecule has 0 bridgehead atoms. The van der Waals surface area contributed by atoms with E-state index in [1.54, 1.807) is 0 Å². The second-order valence-electron chi connectivity index (χ2n) is 4.26. The van der Waals surface area contributed by atoms with Crippen molar-refractivity contribution in [3.63, 3.8) is 0 Å². The number of benzene rings is 1. The minimum atomic E-state index is -3.77. The summed E-state index contributed by atoms with van der Waals surface area (Å²) in [5.74, 6) is 0. The summed E-state index contributed by atoms with van der Waals surface area (Å²) in [6.07, 6.45) is 1.94. The Labute approximate surface area is 113 Å². The number of nitrogens with zero attached hydrogens (tertiary/aromatic N) is 2. The van der Waals surface area contributed by atoms with Crippen LogP contribution < -0.4 is 4.72 Å². The van der Waals surface area contributed by atoms with Gasteiger partial charge in [-0.2, -0.15) is 0 Å². The van der Waals surface area contributed by atoms with Crippen LogP contribution in [0.5, 0.6) is 0 Å². The summed E-state index contributed by atoms with van der Waals surface area (Å²) in [6, 6.07) is 4.00. The average Bonchev–Trinajstić information content (AvgIpc) is 3.11. The number of nitro benzene ring substituents is 1. The molecule has 0 unspecified atom stereocenters. The molecule has 1 aromatic carbocycles. The molecule has 2 aliphatic rings. The normalized spacial score (nSPS) is 22.6. The first-order valence-electron chi connectivity index (χ1n) is 5.52. The Morgan fingerprint density at radius 3 is 2.79 bits per heavy atom. The molecule has 9 heteroatoms. The lowest BCUT2D eigenvalue weighted by molar-refractivity contribution is -0.385. The van der Waals surface area contributed by atoms with Gasteiger partial charge in [0, 0.05) is 17.0 Å². The monoisotopic (exact) mass is 299 g/mol. The van der Waals surface area contributed by atoms with E-state index < -0.39 is 14.9 Å². The number of amidine groups is 1. The van der Waals surface area contributed by atoms with Crippen LogP contribution in [-0.2, 0) is 10.0 Å². The van der Waals surface area contributed by atoms with Crippen molar-refractivity contribution >= 4 is 32.6 Å². The molecule has 0 aromatic heterocycles. The summed E-state index contributed by atoms with van der Waals surface area (Å²) in [6.45, 7) is 0. The number of hydrogen-bond acceptors (Lipinski definition) is 6. The van der Waals surface area contributed by atoms with E-state index in [1.807, 2.05) is 0 Å². The Kier molecular flexibility index (Phi) is 2.75. The van der Waals surface area contributed by atoms with Gasteiger partial charge in [0.25, 0.3) is 15.7 Å². The zero-order valence-corrected chi connectivity index (χ0v) is 11.2. The van der Waals surface area contributed by atoms with E-state index in [1.165, 1.54) is 23.9 Å². The Morgan fingerprint density at radius 2 is 2.16 bits per heavy atom. The van der Waals surface area contributed by atoms with Crippen molar-refractivity contribution in [2.75, 3.05) is 0 Å². The van der Waals surface area contributed by atoms with E-state index in [0.29, 0.717) is 10.1 Å². The van der Waals surface area contributed by atoms with Crippen LogP contribution in [0.2, 0.25) is 0 Å². The fraction of sp³-hybridized carbons (Fsp3) is 0.300. The molecule has 1 N–H and O–H groups in total. The van der Waals surface area contributed by atoms with Crippen LogP contribution in [0, 0.1) is 10.1 Å². The second kappa shape index (κ2) is 4.20. The molecule has 0 saturated heterocycles. The predicted molar refractivity (Wildman–Crippen MR) is 69.7 cm³/mol. The molecule has 1 aliphatic carbocycles. The highest BCUT2D eigenvalue weighted by Crippen LogP contribution is 2.35. The molecule has 100 valence electrons. The lowest BCUT2D eigenvalue weighted by Crippen LogP contribution is -2.32. The Hall–Kier alpha value is -1.61. The molecule has 0 spiro atoms. The molecule has 1 fully saturated rings. The summed E-state index contributed by atoms with van der Waals surface area (Å²) in [5, 5.41) is 11.0. The van der Waals surface area contributed by atoms with Gasteiger partial charge in [0.05, 0.1) is 11.0 Å². The van der Waals surface area contributed by atoms with Crippen molar-refractivity contribution in [1.82, 2.24) is 4.72 Å². The van der Waals surface area contributed by atoms with Gasteiger partial charge < -0.3 is 0 Å². The summed E-state index contributed by atoms with van der Waals surface area (Å²) >= 11 is 1.19. The highest BCUT2D eigenvalue weighted by atomic mass is 32.2. The Bertz CT molecular complexity index is 695. The van der Waals surface area contributed by atoms with Gasteiger partial charge in [0.15, 0.2) is 5.17 Å². The summed E-state index contributed by atoms with van der Waals surface area (Å²) in [7, 11) is -3.77. The van der Waals surface area contributed by atoms with Crippen molar-refractivity contribution in [3.8, 4) is 0 Å². The van der Waals surface area contributed by atoms with Gasteiger partial charge in [0.2, 0.25) is 0 Å². The molecule has 1 aliphatic heterocycles. The van der Waals surface area contributed by atoms with Gasteiger partial charge in [0.1, 0.15) is 4.90 Å². The van der Waals surface area contributed by atoms with Crippen molar-refractivity contribution < 1.29 is 13.3 Å². The fourth-order valence-electron chi connectivity index (χ4n) is 1.62. The average molecular weight is 299 g/mol. The van der Waals surface area contributed by atoms with E-state index in [2.05, 4.69) is 9.71 Å². The van der Waals surface area contributed by atoms with Crippen LogP contribution in [0.4, 0.5) is 5.69 Å². The van der Waals surface area contributed by atoms with E-state index >= 15 is 0 Å². The maximum Gasteiger partial charge on any atom is 0.270 e. The molecule has 7 nitrogen and oxygen atoms in total. The third-order valence-electron chi connectivity index (χ3n) is 2.70. The quantitative estimate of drug-likeness (QED) is 0.658.